The van der Waals surface area contributed by atoms with E-state index in [1.54, 1.807) is 28.0 Å². The largest absolute Gasteiger partial charge is 0.504 e. The van der Waals surface area contributed by atoms with Crippen molar-refractivity contribution >= 4 is 11.8 Å². The number of phenols is 1. The fourth-order valence-corrected chi connectivity index (χ4v) is 4.05. The number of methoxy groups -OCH3 is 1. The van der Waals surface area contributed by atoms with Crippen LogP contribution in [0.25, 0.3) is 0 Å². The molecular formula is C19H26N2O5. The molecule has 2 fully saturated rings. The van der Waals surface area contributed by atoms with Crippen LogP contribution >= 0.6 is 0 Å². The molecule has 2 N–H and O–H groups in total. The van der Waals surface area contributed by atoms with Crippen LogP contribution < -0.4 is 4.74 Å². The van der Waals surface area contributed by atoms with Crippen LogP contribution in [0.5, 0.6) is 11.5 Å². The number of para-hydroxylation sites is 1. The average molecular weight is 362 g/mol. The Morgan fingerprint density at radius 2 is 2.00 bits per heavy atom. The zero-order valence-electron chi connectivity index (χ0n) is 15.1. The van der Waals surface area contributed by atoms with E-state index >= 15 is 0 Å². The first-order valence-corrected chi connectivity index (χ1v) is 9.03. The Hall–Kier alpha value is -2.28. The summed E-state index contributed by atoms with van der Waals surface area (Å²) in [6, 6.07) is 4.91. The summed E-state index contributed by atoms with van der Waals surface area (Å²) in [5.41, 5.74) is 0.275. The van der Waals surface area contributed by atoms with E-state index in [1.807, 2.05) is 0 Å². The van der Waals surface area contributed by atoms with E-state index in [0.29, 0.717) is 32.6 Å². The highest BCUT2D eigenvalue weighted by Crippen LogP contribution is 2.41. The number of amides is 2. The van der Waals surface area contributed by atoms with Crippen LogP contribution in [0.1, 0.15) is 36.0 Å². The quantitative estimate of drug-likeness (QED) is 0.841. The number of carbonyl (C=O) groups excluding carboxylic acids is 2. The number of aliphatic hydroxyl groups is 1. The third-order valence-corrected chi connectivity index (χ3v) is 5.68. The number of hydrogen-bond acceptors (Lipinski definition) is 5. The van der Waals surface area contributed by atoms with Gasteiger partial charge in [0.2, 0.25) is 5.91 Å². The maximum absolute atomic E-state index is 12.8. The fourth-order valence-electron chi connectivity index (χ4n) is 4.05. The topological polar surface area (TPSA) is 90.3 Å². The van der Waals surface area contributed by atoms with Gasteiger partial charge in [-0.25, -0.2) is 0 Å². The van der Waals surface area contributed by atoms with Crippen LogP contribution in [0, 0.1) is 5.41 Å². The van der Waals surface area contributed by atoms with Crippen LogP contribution in [0.2, 0.25) is 0 Å². The summed E-state index contributed by atoms with van der Waals surface area (Å²) >= 11 is 0. The molecule has 2 aliphatic rings. The molecule has 2 amide bonds. The molecule has 26 heavy (non-hydrogen) atoms. The maximum atomic E-state index is 12.8. The third kappa shape index (κ3) is 3.49. The minimum Gasteiger partial charge on any atom is -0.504 e. The molecular weight excluding hydrogens is 336 g/mol. The molecule has 2 saturated heterocycles. The number of aliphatic hydroxyl groups excluding tert-OH is 1. The van der Waals surface area contributed by atoms with E-state index < -0.39 is 0 Å². The van der Waals surface area contributed by atoms with Crippen molar-refractivity contribution in [1.82, 2.24) is 9.80 Å². The predicted octanol–water partition coefficient (Wildman–Crippen LogP) is 1.24. The van der Waals surface area contributed by atoms with Crippen LogP contribution in [-0.4, -0.2) is 71.7 Å². The van der Waals surface area contributed by atoms with Gasteiger partial charge in [-0.1, -0.05) is 6.07 Å². The number of β-amino-alcohol motifs (C(OH)–C–C–N with tert-alkyl or cyclic N) is 1. The minimum absolute atomic E-state index is 0.0241. The lowest BCUT2D eigenvalue weighted by Gasteiger charge is -2.47. The Morgan fingerprint density at radius 3 is 2.65 bits per heavy atom. The lowest BCUT2D eigenvalue weighted by molar-refractivity contribution is -0.139. The van der Waals surface area contributed by atoms with Gasteiger partial charge in [0.1, 0.15) is 0 Å². The number of hydrogen-bond donors (Lipinski definition) is 2. The smallest absolute Gasteiger partial charge is 0.257 e. The lowest BCUT2D eigenvalue weighted by atomic mass is 9.72. The van der Waals surface area contributed by atoms with Crippen molar-refractivity contribution in [3.8, 4) is 11.5 Å². The van der Waals surface area contributed by atoms with Crippen LogP contribution in [0.15, 0.2) is 18.2 Å². The Kier molecular flexibility index (Phi) is 5.36. The van der Waals surface area contributed by atoms with Crippen molar-refractivity contribution < 1.29 is 24.5 Å². The average Bonchev–Trinajstić information content (AvgIpc) is 2.65. The van der Waals surface area contributed by atoms with Gasteiger partial charge >= 0.3 is 0 Å². The first-order valence-electron chi connectivity index (χ1n) is 9.03. The molecule has 7 heteroatoms. The molecule has 0 saturated carbocycles. The lowest BCUT2D eigenvalue weighted by Crippen LogP contribution is -2.52. The summed E-state index contributed by atoms with van der Waals surface area (Å²) in [7, 11) is 1.45. The Morgan fingerprint density at radius 1 is 1.27 bits per heavy atom. The monoisotopic (exact) mass is 362 g/mol. The van der Waals surface area contributed by atoms with Crippen molar-refractivity contribution in [2.75, 3.05) is 39.9 Å². The minimum atomic E-state index is -0.199. The summed E-state index contributed by atoms with van der Waals surface area (Å²) in [6.45, 7) is 2.19. The SMILES string of the molecule is COc1cccc(C(=O)N2CCC3(CCC(=O)N(CCO)C3)CC2)c1O. The van der Waals surface area contributed by atoms with Crippen LogP contribution in [0.3, 0.4) is 0 Å². The van der Waals surface area contributed by atoms with Gasteiger partial charge in [-0.2, -0.15) is 0 Å². The van der Waals surface area contributed by atoms with E-state index in [2.05, 4.69) is 0 Å². The summed E-state index contributed by atoms with van der Waals surface area (Å²) in [5, 5.41) is 19.4. The predicted molar refractivity (Wildman–Crippen MR) is 95.1 cm³/mol. The molecule has 142 valence electrons. The van der Waals surface area contributed by atoms with Gasteiger partial charge in [0.25, 0.3) is 5.91 Å². The molecule has 2 heterocycles. The van der Waals surface area contributed by atoms with Gasteiger partial charge in [0.15, 0.2) is 11.5 Å². The standard InChI is InChI=1S/C19H26N2O5/c1-26-15-4-2-3-14(17(15)24)18(25)20-9-7-19(8-10-20)6-5-16(23)21(13-19)11-12-22/h2-4,22,24H,5-13H2,1H3. The fraction of sp³-hybridized carbons (Fsp3) is 0.579. The molecule has 0 aliphatic carbocycles. The van der Waals surface area contributed by atoms with Crippen molar-refractivity contribution in [2.24, 2.45) is 5.41 Å². The number of piperidine rings is 2. The maximum Gasteiger partial charge on any atom is 0.257 e. The van der Waals surface area contributed by atoms with Gasteiger partial charge in [-0.3, -0.25) is 9.59 Å². The van der Waals surface area contributed by atoms with Crippen LogP contribution in [0.4, 0.5) is 0 Å². The number of carbonyl (C=O) groups is 2. The van der Waals surface area contributed by atoms with Gasteiger partial charge in [-0.15, -0.1) is 0 Å². The molecule has 7 nitrogen and oxygen atoms in total. The normalized spacial score (nSPS) is 19.7. The number of nitrogens with zero attached hydrogens (tertiary/aromatic N) is 2. The first-order chi connectivity index (χ1) is 12.5. The first kappa shape index (κ1) is 18.5. The van der Waals surface area contributed by atoms with Crippen LogP contribution in [-0.2, 0) is 4.79 Å². The van der Waals surface area contributed by atoms with Gasteiger partial charge in [0.05, 0.1) is 19.3 Å². The zero-order chi connectivity index (χ0) is 18.7. The van der Waals surface area contributed by atoms with E-state index in [1.165, 1.54) is 7.11 Å². The van der Waals surface area contributed by atoms with Gasteiger partial charge in [0, 0.05) is 32.6 Å². The second kappa shape index (κ2) is 7.53. The molecule has 1 aromatic carbocycles. The van der Waals surface area contributed by atoms with Crippen molar-refractivity contribution in [2.45, 2.75) is 25.7 Å². The Bertz CT molecular complexity index is 683. The van der Waals surface area contributed by atoms with Crippen molar-refractivity contribution in [1.29, 1.82) is 0 Å². The molecule has 2 aliphatic heterocycles. The molecule has 0 unspecified atom stereocenters. The molecule has 1 aromatic rings. The number of phenolic OH excluding ortho intramolecular Hbond substituents is 1. The van der Waals surface area contributed by atoms with E-state index in [4.69, 9.17) is 9.84 Å². The van der Waals surface area contributed by atoms with E-state index in [-0.39, 0.29) is 40.9 Å². The van der Waals surface area contributed by atoms with Gasteiger partial charge in [-0.05, 0) is 36.8 Å². The van der Waals surface area contributed by atoms with E-state index in [0.717, 1.165) is 19.3 Å². The molecule has 0 atom stereocenters. The van der Waals surface area contributed by atoms with Crippen molar-refractivity contribution in [3.05, 3.63) is 23.8 Å². The highest BCUT2D eigenvalue weighted by molar-refractivity contribution is 5.97. The summed E-state index contributed by atoms with van der Waals surface area (Å²) < 4.78 is 5.08. The van der Waals surface area contributed by atoms with Crippen molar-refractivity contribution in [3.63, 3.8) is 0 Å². The molecule has 1 spiro atoms. The van der Waals surface area contributed by atoms with Gasteiger partial charge < -0.3 is 24.7 Å². The number of rotatable bonds is 4. The molecule has 0 aromatic heterocycles. The molecule has 0 radical (unpaired) electrons. The highest BCUT2D eigenvalue weighted by Gasteiger charge is 2.41. The number of benzene rings is 1. The number of ether oxygens (including phenoxy) is 1. The summed E-state index contributed by atoms with van der Waals surface area (Å²) in [4.78, 5) is 28.3. The Labute approximate surface area is 153 Å². The second-order valence-electron chi connectivity index (χ2n) is 7.19. The Balaban J connectivity index is 1.67. The molecule has 0 bridgehead atoms. The summed E-state index contributed by atoms with van der Waals surface area (Å²) in [6.07, 6.45) is 2.97. The molecule has 3 rings (SSSR count). The number of aromatic hydroxyl groups is 1. The third-order valence-electron chi connectivity index (χ3n) is 5.68. The zero-order valence-corrected chi connectivity index (χ0v) is 15.1. The second-order valence-corrected chi connectivity index (χ2v) is 7.19. The summed E-state index contributed by atoms with van der Waals surface area (Å²) in [5.74, 6) is 0.0623. The van der Waals surface area contributed by atoms with E-state index in [9.17, 15) is 14.7 Å². The highest BCUT2D eigenvalue weighted by atomic mass is 16.5. The number of likely N-dealkylation sites (tertiary alicyclic amines) is 2.